The molecule has 1 rings (SSSR count). The number of nitrogens with zero attached hydrogens (tertiary/aromatic N) is 1. The van der Waals surface area contributed by atoms with Gasteiger partial charge in [0.1, 0.15) is 4.21 Å². The fourth-order valence-corrected chi connectivity index (χ4v) is 4.68. The summed E-state index contributed by atoms with van der Waals surface area (Å²) in [7, 11) is -1.89. The second-order valence-corrected chi connectivity index (χ2v) is 9.42. The van der Waals surface area contributed by atoms with Crippen LogP contribution >= 0.6 is 23.7 Å². The van der Waals surface area contributed by atoms with E-state index in [2.05, 4.69) is 5.32 Å². The van der Waals surface area contributed by atoms with E-state index in [0.717, 1.165) is 4.88 Å². The molecule has 0 aliphatic heterocycles. The predicted octanol–water partition coefficient (Wildman–Crippen LogP) is 1.84. The van der Waals surface area contributed by atoms with Crippen LogP contribution in [0.4, 0.5) is 0 Å². The molecule has 0 aliphatic rings. The van der Waals surface area contributed by atoms with E-state index in [1.54, 1.807) is 19.2 Å². The summed E-state index contributed by atoms with van der Waals surface area (Å²) < 4.78 is 26.8. The molecule has 6 nitrogen and oxygen atoms in total. The molecule has 140 valence electrons. The molecule has 1 aromatic heterocycles. The number of hydrogen-bond acceptors (Lipinski definition) is 5. The number of sulfonamides is 1. The first kappa shape index (κ1) is 23.3. The first-order chi connectivity index (χ1) is 10.6. The lowest BCUT2D eigenvalue weighted by Crippen LogP contribution is -2.34. The predicted molar refractivity (Wildman–Crippen MR) is 101 cm³/mol. The van der Waals surface area contributed by atoms with Crippen molar-refractivity contribution in [3.63, 3.8) is 0 Å². The van der Waals surface area contributed by atoms with Crippen molar-refractivity contribution >= 4 is 39.7 Å². The zero-order valence-corrected chi connectivity index (χ0v) is 17.1. The SMILES string of the molecule is CC(=O)NCCc1ccc(S(=O)(=O)N(C)CCC(N)C(C)C)s1.Cl. The average Bonchev–Trinajstić information content (AvgIpc) is 2.93. The molecule has 3 N–H and O–H groups in total. The summed E-state index contributed by atoms with van der Waals surface area (Å²) in [5.74, 6) is 0.240. The molecule has 0 spiro atoms. The summed E-state index contributed by atoms with van der Waals surface area (Å²) in [6.45, 7) is 6.43. The maximum atomic E-state index is 12.5. The van der Waals surface area contributed by atoms with Crippen LogP contribution in [0.2, 0.25) is 0 Å². The Morgan fingerprint density at radius 3 is 2.54 bits per heavy atom. The van der Waals surface area contributed by atoms with Crippen LogP contribution in [-0.4, -0.2) is 44.8 Å². The smallest absolute Gasteiger partial charge is 0.252 e. The van der Waals surface area contributed by atoms with Crippen LogP contribution in [0.25, 0.3) is 0 Å². The van der Waals surface area contributed by atoms with E-state index in [1.807, 2.05) is 13.8 Å². The molecule has 1 heterocycles. The molecule has 0 saturated heterocycles. The first-order valence-corrected chi connectivity index (χ1v) is 9.95. The van der Waals surface area contributed by atoms with Gasteiger partial charge >= 0.3 is 0 Å². The number of halogens is 1. The topological polar surface area (TPSA) is 92.5 Å². The molecular formula is C15H28ClN3O3S2. The zero-order valence-electron chi connectivity index (χ0n) is 14.6. The zero-order chi connectivity index (χ0) is 17.6. The Kier molecular flexibility index (Phi) is 10.1. The van der Waals surface area contributed by atoms with Crippen molar-refractivity contribution < 1.29 is 13.2 Å². The van der Waals surface area contributed by atoms with Crippen molar-refractivity contribution in [1.82, 2.24) is 9.62 Å². The summed E-state index contributed by atoms with van der Waals surface area (Å²) in [4.78, 5) is 11.8. The molecule has 0 radical (unpaired) electrons. The molecule has 24 heavy (non-hydrogen) atoms. The van der Waals surface area contributed by atoms with Gasteiger partial charge in [0.2, 0.25) is 5.91 Å². The number of carbonyl (C=O) groups excluding carboxylic acids is 1. The standard InChI is InChI=1S/C15H27N3O3S2.ClH/c1-11(2)14(16)8-10-18(4)23(20,21)15-6-5-13(22-15)7-9-17-12(3)19;/h5-6,11,14H,7-10,16H2,1-4H3,(H,17,19);1H. The van der Waals surface area contributed by atoms with Gasteiger partial charge in [-0.25, -0.2) is 12.7 Å². The van der Waals surface area contributed by atoms with Gasteiger partial charge in [-0.05, 0) is 30.9 Å². The lowest BCUT2D eigenvalue weighted by atomic mass is 10.0. The van der Waals surface area contributed by atoms with Gasteiger partial charge in [0.05, 0.1) is 0 Å². The molecular weight excluding hydrogens is 370 g/mol. The van der Waals surface area contributed by atoms with Crippen molar-refractivity contribution in [1.29, 1.82) is 0 Å². The van der Waals surface area contributed by atoms with E-state index in [-0.39, 0.29) is 24.4 Å². The summed E-state index contributed by atoms with van der Waals surface area (Å²) >= 11 is 1.25. The minimum absolute atomic E-state index is 0. The minimum atomic E-state index is -3.47. The van der Waals surface area contributed by atoms with Crippen LogP contribution in [0.3, 0.4) is 0 Å². The fourth-order valence-electron chi connectivity index (χ4n) is 1.93. The summed E-state index contributed by atoms with van der Waals surface area (Å²) in [6.07, 6.45) is 1.26. The number of thiophene rings is 1. The van der Waals surface area contributed by atoms with E-state index in [0.29, 0.717) is 36.1 Å². The highest BCUT2D eigenvalue weighted by Gasteiger charge is 2.23. The van der Waals surface area contributed by atoms with Crippen LogP contribution < -0.4 is 11.1 Å². The highest BCUT2D eigenvalue weighted by Crippen LogP contribution is 2.25. The van der Waals surface area contributed by atoms with Crippen molar-refractivity contribution in [3.8, 4) is 0 Å². The number of nitrogens with one attached hydrogen (secondary N) is 1. The van der Waals surface area contributed by atoms with Gasteiger partial charge in [-0.15, -0.1) is 23.7 Å². The lowest BCUT2D eigenvalue weighted by molar-refractivity contribution is -0.118. The third kappa shape index (κ3) is 7.06. The van der Waals surface area contributed by atoms with Crippen LogP contribution in [0.5, 0.6) is 0 Å². The third-order valence-corrected chi connectivity index (χ3v) is 7.15. The third-order valence-electron chi connectivity index (χ3n) is 3.68. The largest absolute Gasteiger partial charge is 0.356 e. The van der Waals surface area contributed by atoms with Gasteiger partial charge in [0.15, 0.2) is 0 Å². The molecule has 0 bridgehead atoms. The Hall–Kier alpha value is -0.670. The second kappa shape index (κ2) is 10.4. The number of nitrogens with two attached hydrogens (primary N) is 1. The van der Waals surface area contributed by atoms with Crippen molar-refractivity contribution in [2.45, 2.75) is 43.9 Å². The second-order valence-electron chi connectivity index (χ2n) is 5.98. The lowest BCUT2D eigenvalue weighted by Gasteiger charge is -2.20. The van der Waals surface area contributed by atoms with Crippen LogP contribution in [0.15, 0.2) is 16.3 Å². The van der Waals surface area contributed by atoms with Crippen molar-refractivity contribution in [3.05, 3.63) is 17.0 Å². The maximum Gasteiger partial charge on any atom is 0.252 e. The van der Waals surface area contributed by atoms with Gasteiger partial charge in [-0.3, -0.25) is 4.79 Å². The number of hydrogen-bond donors (Lipinski definition) is 2. The molecule has 1 aromatic rings. The Balaban J connectivity index is 0.00000529. The molecule has 1 unspecified atom stereocenters. The van der Waals surface area contributed by atoms with Gasteiger partial charge < -0.3 is 11.1 Å². The van der Waals surface area contributed by atoms with E-state index >= 15 is 0 Å². The Labute approximate surface area is 155 Å². The highest BCUT2D eigenvalue weighted by atomic mass is 35.5. The molecule has 0 aliphatic carbocycles. The van der Waals surface area contributed by atoms with Crippen LogP contribution in [0.1, 0.15) is 32.1 Å². The van der Waals surface area contributed by atoms with Gasteiger partial charge in [-0.2, -0.15) is 0 Å². The van der Waals surface area contributed by atoms with Crippen molar-refractivity contribution in [2.75, 3.05) is 20.1 Å². The van der Waals surface area contributed by atoms with E-state index in [4.69, 9.17) is 5.73 Å². The fraction of sp³-hybridized carbons (Fsp3) is 0.667. The normalized spacial score (nSPS) is 13.0. The van der Waals surface area contributed by atoms with Crippen LogP contribution in [0, 0.1) is 5.92 Å². The Morgan fingerprint density at radius 2 is 2.00 bits per heavy atom. The molecule has 0 aromatic carbocycles. The van der Waals surface area contributed by atoms with Crippen LogP contribution in [-0.2, 0) is 21.2 Å². The molecule has 0 saturated carbocycles. The van der Waals surface area contributed by atoms with Gasteiger partial charge in [0, 0.05) is 38.0 Å². The van der Waals surface area contributed by atoms with E-state index < -0.39 is 10.0 Å². The quantitative estimate of drug-likeness (QED) is 0.664. The number of amides is 1. The Morgan fingerprint density at radius 1 is 1.38 bits per heavy atom. The molecule has 1 atom stereocenters. The summed E-state index contributed by atoms with van der Waals surface area (Å²) in [5.41, 5.74) is 5.98. The monoisotopic (exact) mass is 397 g/mol. The Bertz CT molecular complexity index is 617. The van der Waals surface area contributed by atoms with Gasteiger partial charge in [0.25, 0.3) is 10.0 Å². The highest BCUT2D eigenvalue weighted by molar-refractivity contribution is 7.91. The number of carbonyl (C=O) groups is 1. The van der Waals surface area contributed by atoms with Gasteiger partial charge in [-0.1, -0.05) is 13.8 Å². The molecule has 0 fully saturated rings. The molecule has 9 heteroatoms. The first-order valence-electron chi connectivity index (χ1n) is 7.69. The summed E-state index contributed by atoms with van der Waals surface area (Å²) in [6, 6.07) is 3.42. The molecule has 1 amide bonds. The van der Waals surface area contributed by atoms with Crippen molar-refractivity contribution in [2.24, 2.45) is 11.7 Å². The summed E-state index contributed by atoms with van der Waals surface area (Å²) in [5, 5.41) is 2.70. The number of rotatable bonds is 9. The average molecular weight is 398 g/mol. The van der Waals surface area contributed by atoms with E-state index in [9.17, 15) is 13.2 Å². The minimum Gasteiger partial charge on any atom is -0.356 e. The maximum absolute atomic E-state index is 12.5. The van der Waals surface area contributed by atoms with E-state index in [1.165, 1.54) is 22.6 Å².